The van der Waals surface area contributed by atoms with E-state index in [9.17, 15) is 10.2 Å². The van der Waals surface area contributed by atoms with Crippen LogP contribution in [0.5, 0.6) is 0 Å². The highest BCUT2D eigenvalue weighted by Crippen LogP contribution is 2.16. The molecule has 1 N–H and O–H groups in total. The first-order chi connectivity index (χ1) is 8.15. The Morgan fingerprint density at radius 3 is 2.44 bits per heavy atom. The van der Waals surface area contributed by atoms with Gasteiger partial charge < -0.3 is 14.9 Å². The van der Waals surface area contributed by atoms with E-state index in [1.165, 1.54) is 0 Å². The summed E-state index contributed by atoms with van der Waals surface area (Å²) in [7, 11) is 0. The van der Waals surface area contributed by atoms with Crippen LogP contribution in [-0.4, -0.2) is 22.8 Å². The number of diazo groups is 1. The van der Waals surface area contributed by atoms with E-state index in [-0.39, 0.29) is 11.7 Å². The molecule has 6 heteroatoms. The molecule has 1 atom stereocenters. The van der Waals surface area contributed by atoms with Gasteiger partial charge in [-0.1, -0.05) is 34.6 Å². The number of aliphatic hydroxyl groups is 1. The first kappa shape index (κ1) is 16.2. The maximum absolute atomic E-state index is 11.5. The lowest BCUT2D eigenvalue weighted by Gasteiger charge is -2.30. The minimum atomic E-state index is -0.754. The Morgan fingerprint density at radius 2 is 2.06 bits per heavy atom. The second kappa shape index (κ2) is 6.84. The highest BCUT2D eigenvalue weighted by molar-refractivity contribution is 5.62. The van der Waals surface area contributed by atoms with E-state index >= 15 is 0 Å². The molecule has 0 spiro atoms. The average Bonchev–Trinajstić information content (AvgIpc) is 2.13. The first-order valence-electron chi connectivity index (χ1n) is 5.82. The highest BCUT2D eigenvalue weighted by atomic mass is 16.6. The summed E-state index contributed by atoms with van der Waals surface area (Å²) in [5, 5.41) is 29.5. The van der Waals surface area contributed by atoms with Crippen LogP contribution in [0.2, 0.25) is 0 Å². The maximum Gasteiger partial charge on any atom is 0.389 e. The van der Waals surface area contributed by atoms with Crippen LogP contribution < -0.4 is 5.11 Å². The van der Waals surface area contributed by atoms with Crippen molar-refractivity contribution in [2.45, 2.75) is 52.7 Å². The molecule has 0 fully saturated rings. The Balaban J connectivity index is 4.94. The molecule has 0 saturated carbocycles. The van der Waals surface area contributed by atoms with Crippen molar-refractivity contribution in [3.05, 3.63) is 16.9 Å². The molecule has 102 valence electrons. The van der Waals surface area contributed by atoms with Crippen LogP contribution in [-0.2, 0) is 4.74 Å². The summed E-state index contributed by atoms with van der Waals surface area (Å²) < 4.78 is 5.04. The van der Waals surface area contributed by atoms with Crippen LogP contribution in [0.4, 0.5) is 0 Å². The monoisotopic (exact) mass is 255 g/mol. The third-order valence-electron chi connectivity index (χ3n) is 1.88. The number of hydrogen-bond acceptors (Lipinski definition) is 5. The van der Waals surface area contributed by atoms with Gasteiger partial charge in [0.2, 0.25) is 11.2 Å². The van der Waals surface area contributed by atoms with Gasteiger partial charge in [-0.15, -0.1) is 0 Å². The molecule has 0 bridgehead atoms. The van der Waals surface area contributed by atoms with Gasteiger partial charge in [-0.25, -0.2) is 0 Å². The molecule has 18 heavy (non-hydrogen) atoms. The Kier molecular flexibility index (Phi) is 6.17. The Bertz CT molecular complexity index is 362. The predicted octanol–water partition coefficient (Wildman–Crippen LogP) is 2.18. The molecule has 0 aliphatic carbocycles. The van der Waals surface area contributed by atoms with E-state index in [0.717, 1.165) is 6.20 Å². The smallest absolute Gasteiger partial charge is 0.389 e. The van der Waals surface area contributed by atoms with Crippen LogP contribution in [0.25, 0.3) is 4.98 Å². The summed E-state index contributed by atoms with van der Waals surface area (Å²) in [4.78, 5) is 6.49. The number of ether oxygens (including phenoxy) is 1. The van der Waals surface area contributed by atoms with Crippen molar-refractivity contribution in [1.82, 2.24) is 0 Å². The first-order valence-corrected chi connectivity index (χ1v) is 5.82. The lowest BCUT2D eigenvalue weighted by molar-refractivity contribution is -0.260. The van der Waals surface area contributed by atoms with Gasteiger partial charge in [0.05, 0.1) is 0 Å². The molecule has 0 rings (SSSR count). The topological polar surface area (TPSA) is 93.0 Å². The molecule has 0 saturated heterocycles. The molecule has 6 nitrogen and oxygen atoms in total. The zero-order valence-corrected chi connectivity index (χ0v) is 11.5. The van der Waals surface area contributed by atoms with Gasteiger partial charge in [0.15, 0.2) is 4.98 Å². The van der Waals surface area contributed by atoms with Crippen molar-refractivity contribution in [2.24, 2.45) is 10.9 Å². The molecular weight excluding hydrogens is 234 g/mol. The largest absolute Gasteiger partial charge is 0.595 e. The molecular formula is C12H21N3O3. The van der Waals surface area contributed by atoms with E-state index in [4.69, 9.17) is 10.1 Å². The number of aliphatic hydroxyl groups excluding tert-OH is 1. The number of hydrogen-bond donors (Lipinski definition) is 1. The van der Waals surface area contributed by atoms with Crippen LogP contribution in [0.3, 0.4) is 0 Å². The second-order valence-electron chi connectivity index (χ2n) is 5.42. The van der Waals surface area contributed by atoms with Gasteiger partial charge in [-0.3, -0.25) is 4.99 Å². The normalized spacial score (nSPS) is 15.4. The summed E-state index contributed by atoms with van der Waals surface area (Å²) >= 11 is 0. The van der Waals surface area contributed by atoms with Gasteiger partial charge in [-0.05, 0) is 12.3 Å². The zero-order chi connectivity index (χ0) is 14.3. The molecule has 0 unspecified atom stereocenters. The van der Waals surface area contributed by atoms with Crippen LogP contribution >= 0.6 is 0 Å². The lowest BCUT2D eigenvalue weighted by Crippen LogP contribution is -2.33. The van der Waals surface area contributed by atoms with Crippen molar-refractivity contribution in [3.63, 3.8) is 0 Å². The molecule has 0 amide bonds. The Hall–Kier alpha value is -1.77. The second-order valence-corrected chi connectivity index (χ2v) is 5.42. The van der Waals surface area contributed by atoms with Crippen molar-refractivity contribution >= 4 is 6.08 Å². The summed E-state index contributed by atoms with van der Waals surface area (Å²) in [5.74, 6) is -0.0486. The quantitative estimate of drug-likeness (QED) is 0.360. The van der Waals surface area contributed by atoms with E-state index in [1.807, 2.05) is 13.8 Å². The fourth-order valence-electron chi connectivity index (χ4n) is 1.25. The molecule has 0 aromatic rings. The molecule has 0 aromatic carbocycles. The minimum absolute atomic E-state index is 0.218. The van der Waals surface area contributed by atoms with E-state index in [1.54, 1.807) is 20.8 Å². The van der Waals surface area contributed by atoms with Crippen molar-refractivity contribution < 1.29 is 14.9 Å². The standard InChI is InChI=1S/C12H21N3O3/c1-8(2)6-9(10(16)7-14-13)15-11(17)18-12(3,4)5/h7-9H,6H2,1-5H3,(H-,15,16,17)/b10-7-/t9-/m0/s1. The summed E-state index contributed by atoms with van der Waals surface area (Å²) in [6, 6.07) is -0.754. The summed E-state index contributed by atoms with van der Waals surface area (Å²) in [5.41, 5.74) is -0.635. The van der Waals surface area contributed by atoms with E-state index in [2.05, 4.69) is 9.97 Å². The summed E-state index contributed by atoms with van der Waals surface area (Å²) in [6.45, 7) is 9.06. The fraction of sp³-hybridized carbons (Fsp3) is 0.750. The molecule has 0 aromatic heterocycles. The van der Waals surface area contributed by atoms with Gasteiger partial charge in [0.1, 0.15) is 12.1 Å². The van der Waals surface area contributed by atoms with Gasteiger partial charge >= 0.3 is 6.20 Å². The van der Waals surface area contributed by atoms with Crippen molar-refractivity contribution in [1.29, 1.82) is 5.39 Å². The van der Waals surface area contributed by atoms with E-state index in [0.29, 0.717) is 6.42 Å². The van der Waals surface area contributed by atoms with Gasteiger partial charge in [0.25, 0.3) is 0 Å². The number of nitrogens with zero attached hydrogens (tertiary/aromatic N) is 3. The third kappa shape index (κ3) is 7.49. The number of rotatable bonds is 4. The minimum Gasteiger partial charge on any atom is -0.595 e. The van der Waals surface area contributed by atoms with Crippen LogP contribution in [0.15, 0.2) is 17.0 Å². The average molecular weight is 255 g/mol. The summed E-state index contributed by atoms with van der Waals surface area (Å²) in [6.07, 6.45) is 0.573. The van der Waals surface area contributed by atoms with E-state index < -0.39 is 17.7 Å². The van der Waals surface area contributed by atoms with Gasteiger partial charge in [-0.2, -0.15) is 0 Å². The Labute approximate surface area is 108 Å². The van der Waals surface area contributed by atoms with Crippen LogP contribution in [0, 0.1) is 11.3 Å². The number of aliphatic imine (C=N–C) groups is 1. The third-order valence-corrected chi connectivity index (χ3v) is 1.88. The Morgan fingerprint density at radius 1 is 1.50 bits per heavy atom. The SMILES string of the molecule is CC(C)C[C@H](N=C([O-])OC(C)(C)C)/C(O)=C/[N+]#N. The highest BCUT2D eigenvalue weighted by Gasteiger charge is 2.18. The van der Waals surface area contributed by atoms with Gasteiger partial charge in [0, 0.05) is 5.60 Å². The zero-order valence-electron chi connectivity index (χ0n) is 11.5. The fourth-order valence-corrected chi connectivity index (χ4v) is 1.25. The molecule has 0 aliphatic rings. The van der Waals surface area contributed by atoms with Crippen molar-refractivity contribution in [3.8, 4) is 0 Å². The van der Waals surface area contributed by atoms with Crippen LogP contribution in [0.1, 0.15) is 41.0 Å². The molecule has 0 aliphatic heterocycles. The molecule has 0 heterocycles. The lowest BCUT2D eigenvalue weighted by atomic mass is 10.0. The predicted molar refractivity (Wildman–Crippen MR) is 67.3 cm³/mol. The maximum atomic E-state index is 11.5. The molecule has 0 radical (unpaired) electrons. The van der Waals surface area contributed by atoms with Crippen molar-refractivity contribution in [2.75, 3.05) is 0 Å².